The van der Waals surface area contributed by atoms with Gasteiger partial charge in [0, 0.05) is 10.9 Å². The summed E-state index contributed by atoms with van der Waals surface area (Å²) in [5.41, 5.74) is 0.724. The molecule has 1 aromatic carbocycles. The van der Waals surface area contributed by atoms with E-state index in [-0.39, 0.29) is 27.3 Å². The molecule has 1 nitrogen and oxygen atoms in total. The van der Waals surface area contributed by atoms with E-state index in [0.717, 1.165) is 5.56 Å². The van der Waals surface area contributed by atoms with Gasteiger partial charge in [0.2, 0.25) is 5.24 Å². The van der Waals surface area contributed by atoms with E-state index in [0.29, 0.717) is 5.02 Å². The predicted octanol–water partition coefficient (Wildman–Crippen LogP) is 5.93. The molecular formula is C14H13Br2Cl3O. The minimum Gasteiger partial charge on any atom is -0.281 e. The van der Waals surface area contributed by atoms with E-state index in [4.69, 9.17) is 34.8 Å². The number of benzene rings is 1. The zero-order chi connectivity index (χ0) is 15.3. The fourth-order valence-corrected chi connectivity index (χ4v) is 5.32. The van der Waals surface area contributed by atoms with Crippen LogP contribution in [0.15, 0.2) is 24.3 Å². The topological polar surface area (TPSA) is 17.1 Å². The Kier molecular flexibility index (Phi) is 4.90. The highest BCUT2D eigenvalue weighted by Crippen LogP contribution is 2.66. The summed E-state index contributed by atoms with van der Waals surface area (Å²) < 4.78 is -0.819. The molecule has 0 N–H and O–H groups in total. The van der Waals surface area contributed by atoms with Gasteiger partial charge in [-0.05, 0) is 40.6 Å². The molecule has 20 heavy (non-hydrogen) atoms. The molecule has 1 aliphatic rings. The molecule has 0 amide bonds. The maximum absolute atomic E-state index is 11.5. The molecule has 2 rings (SSSR count). The molecule has 110 valence electrons. The average molecular weight is 463 g/mol. The van der Waals surface area contributed by atoms with E-state index in [2.05, 4.69) is 31.9 Å². The summed E-state index contributed by atoms with van der Waals surface area (Å²) in [5, 5.41) is 0.348. The van der Waals surface area contributed by atoms with Crippen molar-refractivity contribution in [3.8, 4) is 0 Å². The third-order valence-corrected chi connectivity index (χ3v) is 8.07. The van der Waals surface area contributed by atoms with E-state index < -0.39 is 3.78 Å². The van der Waals surface area contributed by atoms with E-state index in [1.807, 2.05) is 26.0 Å². The summed E-state index contributed by atoms with van der Waals surface area (Å²) in [6.45, 7) is 4.05. The van der Waals surface area contributed by atoms with Crippen LogP contribution in [-0.4, -0.2) is 10.1 Å². The van der Waals surface area contributed by atoms with Gasteiger partial charge in [0.25, 0.3) is 0 Å². The Bertz CT molecular complexity index is 528. The first-order chi connectivity index (χ1) is 9.10. The molecular weight excluding hydrogens is 450 g/mol. The van der Waals surface area contributed by atoms with Gasteiger partial charge < -0.3 is 0 Å². The fraction of sp³-hybridized carbons (Fsp3) is 0.500. The molecule has 1 aromatic rings. The molecule has 1 saturated carbocycles. The Morgan fingerprint density at radius 1 is 1.35 bits per heavy atom. The lowest BCUT2D eigenvalue weighted by atomic mass is 10.0. The third kappa shape index (κ3) is 2.94. The molecule has 0 spiro atoms. The van der Waals surface area contributed by atoms with Crippen LogP contribution in [0.25, 0.3) is 0 Å². The number of carbonyl (C=O) groups excluding carboxylic acids is 1. The van der Waals surface area contributed by atoms with Crippen molar-refractivity contribution in [1.29, 1.82) is 0 Å². The van der Waals surface area contributed by atoms with Crippen molar-refractivity contribution in [1.82, 2.24) is 0 Å². The predicted molar refractivity (Wildman–Crippen MR) is 92.2 cm³/mol. The summed E-state index contributed by atoms with van der Waals surface area (Å²) in [7, 11) is 0. The second-order valence-electron chi connectivity index (χ2n) is 5.66. The van der Waals surface area contributed by atoms with Crippen molar-refractivity contribution < 1.29 is 4.79 Å². The van der Waals surface area contributed by atoms with Crippen LogP contribution < -0.4 is 0 Å². The first-order valence-electron chi connectivity index (χ1n) is 6.07. The molecule has 0 unspecified atom stereocenters. The average Bonchev–Trinajstić information content (AvgIpc) is 2.91. The van der Waals surface area contributed by atoms with Gasteiger partial charge in [0.1, 0.15) is 3.78 Å². The minimum atomic E-state index is -0.819. The van der Waals surface area contributed by atoms with E-state index in [1.165, 1.54) is 0 Å². The number of halogens is 5. The van der Waals surface area contributed by atoms with E-state index >= 15 is 0 Å². The molecule has 1 fully saturated rings. The van der Waals surface area contributed by atoms with Crippen LogP contribution in [0.4, 0.5) is 0 Å². The van der Waals surface area contributed by atoms with Crippen molar-refractivity contribution in [2.45, 2.75) is 22.5 Å². The lowest BCUT2D eigenvalue weighted by Gasteiger charge is -2.28. The van der Waals surface area contributed by atoms with Gasteiger partial charge in [-0.25, -0.2) is 0 Å². The van der Waals surface area contributed by atoms with Crippen LogP contribution in [0.5, 0.6) is 0 Å². The summed E-state index contributed by atoms with van der Waals surface area (Å²) in [5.74, 6) is -0.114. The molecule has 0 bridgehead atoms. The first-order valence-corrected chi connectivity index (χ1v) is 8.91. The maximum Gasteiger partial charge on any atom is 0.225 e. The van der Waals surface area contributed by atoms with Gasteiger partial charge in [-0.15, -0.1) is 11.6 Å². The van der Waals surface area contributed by atoms with Crippen molar-refractivity contribution in [3.63, 3.8) is 0 Å². The smallest absolute Gasteiger partial charge is 0.225 e. The molecule has 1 aliphatic carbocycles. The highest BCUT2D eigenvalue weighted by molar-refractivity contribution is 9.12. The summed E-state index contributed by atoms with van der Waals surface area (Å²) >= 11 is 25.5. The van der Waals surface area contributed by atoms with Crippen molar-refractivity contribution >= 4 is 71.9 Å². The van der Waals surface area contributed by atoms with Gasteiger partial charge in [-0.3, -0.25) is 4.79 Å². The van der Waals surface area contributed by atoms with Crippen molar-refractivity contribution in [2.75, 3.05) is 0 Å². The Morgan fingerprint density at radius 2 is 1.85 bits per heavy atom. The quantitative estimate of drug-likeness (QED) is 0.400. The van der Waals surface area contributed by atoms with Crippen molar-refractivity contribution in [3.05, 3.63) is 34.9 Å². The Morgan fingerprint density at radius 3 is 2.25 bits per heavy atom. The first kappa shape index (κ1) is 17.1. The molecule has 0 radical (unpaired) electrons. The van der Waals surface area contributed by atoms with Gasteiger partial charge >= 0.3 is 0 Å². The molecule has 6 heteroatoms. The second-order valence-corrected chi connectivity index (χ2v) is 9.76. The van der Waals surface area contributed by atoms with Gasteiger partial charge in [0.15, 0.2) is 0 Å². The molecule has 0 aromatic heterocycles. The number of hydrogen-bond acceptors (Lipinski definition) is 1. The molecule has 0 aliphatic heterocycles. The molecule has 4 atom stereocenters. The lowest BCUT2D eigenvalue weighted by molar-refractivity contribution is -0.113. The van der Waals surface area contributed by atoms with Gasteiger partial charge in [-0.1, -0.05) is 69.4 Å². The fourth-order valence-electron chi connectivity index (χ4n) is 2.71. The highest BCUT2D eigenvalue weighted by Gasteiger charge is 2.66. The standard InChI is InChI=1S/C14H13Br2Cl3O/c1-13(2)9(10(13)12(18)20)11(15)14(16,19)7-3-5-8(17)6-4-7/h3-6,9-11H,1-2H3/t9-,10-,11-,14-/m0/s1. The normalized spacial score (nSPS) is 28.6. The van der Waals surface area contributed by atoms with Gasteiger partial charge in [-0.2, -0.15) is 0 Å². The van der Waals surface area contributed by atoms with Crippen LogP contribution in [-0.2, 0) is 8.58 Å². The van der Waals surface area contributed by atoms with Crippen LogP contribution in [0.3, 0.4) is 0 Å². The lowest BCUT2D eigenvalue weighted by Crippen LogP contribution is -2.27. The summed E-state index contributed by atoms with van der Waals surface area (Å²) in [6.07, 6.45) is 0. The monoisotopic (exact) mass is 460 g/mol. The maximum atomic E-state index is 11.5. The zero-order valence-electron chi connectivity index (χ0n) is 10.8. The second kappa shape index (κ2) is 5.73. The Hall–Kier alpha value is 0.720. The number of hydrogen-bond donors (Lipinski definition) is 0. The highest BCUT2D eigenvalue weighted by atomic mass is 79.9. The van der Waals surface area contributed by atoms with Crippen LogP contribution in [0.1, 0.15) is 19.4 Å². The summed E-state index contributed by atoms with van der Waals surface area (Å²) in [6, 6.07) is 7.31. The van der Waals surface area contributed by atoms with Gasteiger partial charge in [0.05, 0.1) is 4.83 Å². The van der Waals surface area contributed by atoms with Crippen molar-refractivity contribution in [2.24, 2.45) is 17.3 Å². The Labute approximate surface area is 150 Å². The minimum absolute atomic E-state index is 0.0695. The molecule has 0 saturated heterocycles. The SMILES string of the molecule is CC1(C)[C@H]([C@H](Br)[C@](Cl)(Br)c2ccc(Cl)cc2)[C@H]1C(=O)Cl. The largest absolute Gasteiger partial charge is 0.281 e. The van der Waals surface area contributed by atoms with Crippen LogP contribution in [0, 0.1) is 17.3 Å². The zero-order valence-corrected chi connectivity index (χ0v) is 16.3. The third-order valence-electron chi connectivity index (χ3n) is 4.05. The van der Waals surface area contributed by atoms with Crippen LogP contribution >= 0.6 is 66.7 Å². The number of rotatable bonds is 4. The van der Waals surface area contributed by atoms with E-state index in [1.54, 1.807) is 12.1 Å². The molecule has 0 heterocycles. The Balaban J connectivity index is 2.26. The van der Waals surface area contributed by atoms with E-state index in [9.17, 15) is 4.79 Å². The summed E-state index contributed by atoms with van der Waals surface area (Å²) in [4.78, 5) is 11.4. The number of alkyl halides is 3. The number of carbonyl (C=O) groups is 1. The van der Waals surface area contributed by atoms with Crippen LogP contribution in [0.2, 0.25) is 5.02 Å².